The summed E-state index contributed by atoms with van der Waals surface area (Å²) in [4.78, 5) is 22.2. The number of aromatic carboxylic acids is 1. The minimum absolute atomic E-state index is 0.100. The summed E-state index contributed by atoms with van der Waals surface area (Å²) in [6, 6.07) is 2.05. The Morgan fingerprint density at radius 2 is 1.95 bits per heavy atom. The van der Waals surface area contributed by atoms with Crippen LogP contribution >= 0.6 is 34.8 Å². The first-order valence-corrected chi connectivity index (χ1v) is 6.85. The summed E-state index contributed by atoms with van der Waals surface area (Å²) in [5.74, 6) is 0.577. The fourth-order valence-electron chi connectivity index (χ4n) is 1.84. The molecule has 1 atom stereocenters. The Bertz CT molecular complexity index is 718. The van der Waals surface area contributed by atoms with Crippen LogP contribution in [0.15, 0.2) is 41.0 Å². The maximum absolute atomic E-state index is 11.3. The van der Waals surface area contributed by atoms with E-state index in [9.17, 15) is 14.7 Å². The zero-order valence-corrected chi connectivity index (χ0v) is 12.6. The lowest BCUT2D eigenvalue weighted by atomic mass is 10.0. The molecule has 1 aliphatic carbocycles. The molecule has 4 nitrogen and oxygen atoms in total. The van der Waals surface area contributed by atoms with E-state index in [-0.39, 0.29) is 26.9 Å². The smallest absolute Gasteiger partial charge is 0.337 e. The topological polar surface area (TPSA) is 66.4 Å². The fourth-order valence-corrected chi connectivity index (χ4v) is 2.58. The highest BCUT2D eigenvalue weighted by molar-refractivity contribution is 6.37. The number of allylic oxidation sites excluding steroid dienone is 2. The van der Waals surface area contributed by atoms with Gasteiger partial charge in [0.1, 0.15) is 5.94 Å². The van der Waals surface area contributed by atoms with Gasteiger partial charge in [-0.1, -0.05) is 34.8 Å². The molecule has 0 radical (unpaired) electrons. The number of carbonyl (C=O) groups excluding carboxylic acids is 1. The number of carboxylic acid groups (broad SMARTS) is 1. The largest absolute Gasteiger partial charge is 0.478 e. The molecule has 0 bridgehead atoms. The number of carbonyl (C=O) groups is 1. The van der Waals surface area contributed by atoms with E-state index in [1.165, 1.54) is 18.2 Å². The highest BCUT2D eigenvalue weighted by Gasteiger charge is 2.21. The van der Waals surface area contributed by atoms with Crippen molar-refractivity contribution in [2.75, 3.05) is 5.32 Å². The van der Waals surface area contributed by atoms with Gasteiger partial charge in [-0.25, -0.2) is 9.59 Å². The van der Waals surface area contributed by atoms with Crippen molar-refractivity contribution >= 4 is 52.4 Å². The van der Waals surface area contributed by atoms with E-state index >= 15 is 0 Å². The summed E-state index contributed by atoms with van der Waals surface area (Å²) < 4.78 is 0. The second-order valence-electron chi connectivity index (χ2n) is 4.18. The van der Waals surface area contributed by atoms with E-state index in [0.717, 1.165) is 0 Å². The van der Waals surface area contributed by atoms with Gasteiger partial charge in [0.2, 0.25) is 0 Å². The minimum Gasteiger partial charge on any atom is -0.478 e. The highest BCUT2D eigenvalue weighted by Crippen LogP contribution is 2.32. The molecule has 108 valence electrons. The number of halogens is 3. The number of benzene rings is 1. The number of nitrogens with one attached hydrogen (secondary N) is 1. The lowest BCUT2D eigenvalue weighted by molar-refractivity contribution is 0.0698. The highest BCUT2D eigenvalue weighted by atomic mass is 35.5. The van der Waals surface area contributed by atoms with Crippen molar-refractivity contribution in [3.05, 3.63) is 56.6 Å². The monoisotopic (exact) mass is 343 g/mol. The van der Waals surface area contributed by atoms with Crippen molar-refractivity contribution < 1.29 is 14.7 Å². The van der Waals surface area contributed by atoms with Crippen LogP contribution in [-0.4, -0.2) is 23.1 Å². The third kappa shape index (κ3) is 3.49. The van der Waals surface area contributed by atoms with E-state index in [2.05, 4.69) is 5.32 Å². The fraction of sp³-hybridized carbons (Fsp3) is 0.0714. The van der Waals surface area contributed by atoms with Gasteiger partial charge in [-0.05, 0) is 30.4 Å². The molecule has 0 fully saturated rings. The maximum atomic E-state index is 11.3. The number of anilines is 1. The number of rotatable bonds is 3. The Labute approximate surface area is 135 Å². The lowest BCUT2D eigenvalue weighted by Gasteiger charge is -2.20. The Hall–Kier alpha value is -1.71. The first-order valence-electron chi connectivity index (χ1n) is 5.71. The van der Waals surface area contributed by atoms with Crippen LogP contribution in [-0.2, 0) is 4.79 Å². The third-order valence-corrected chi connectivity index (χ3v) is 3.55. The number of carboxylic acids is 1. The SMILES string of the molecule is O=C=C1C=CC(Cl)=CC1Nc1c(Cl)cc(Cl)cc1C(=O)O. The Balaban J connectivity index is 2.46. The van der Waals surface area contributed by atoms with Crippen LogP contribution in [0.5, 0.6) is 0 Å². The summed E-state index contributed by atoms with van der Waals surface area (Å²) in [6.45, 7) is 0. The van der Waals surface area contributed by atoms with Gasteiger partial charge in [0, 0.05) is 10.1 Å². The predicted octanol–water partition coefficient (Wildman–Crippen LogP) is 3.92. The van der Waals surface area contributed by atoms with E-state index in [1.807, 2.05) is 0 Å². The molecule has 1 unspecified atom stereocenters. The molecule has 2 N–H and O–H groups in total. The molecule has 0 heterocycles. The van der Waals surface area contributed by atoms with E-state index in [0.29, 0.717) is 5.03 Å². The Morgan fingerprint density at radius 1 is 1.24 bits per heavy atom. The zero-order chi connectivity index (χ0) is 15.6. The summed E-state index contributed by atoms with van der Waals surface area (Å²) in [6.07, 6.45) is 4.59. The first-order chi connectivity index (χ1) is 9.92. The van der Waals surface area contributed by atoms with Gasteiger partial charge in [0.15, 0.2) is 0 Å². The summed E-state index contributed by atoms with van der Waals surface area (Å²) in [7, 11) is 0. The summed E-state index contributed by atoms with van der Waals surface area (Å²) in [5.41, 5.74) is 0.334. The molecule has 0 amide bonds. The van der Waals surface area contributed by atoms with E-state index in [1.54, 1.807) is 18.1 Å². The molecule has 0 spiro atoms. The van der Waals surface area contributed by atoms with Crippen LogP contribution in [0, 0.1) is 0 Å². The van der Waals surface area contributed by atoms with Gasteiger partial charge in [0.05, 0.1) is 27.9 Å². The lowest BCUT2D eigenvalue weighted by Crippen LogP contribution is -2.23. The van der Waals surface area contributed by atoms with Crippen molar-refractivity contribution in [2.45, 2.75) is 6.04 Å². The van der Waals surface area contributed by atoms with Crippen LogP contribution in [0.4, 0.5) is 5.69 Å². The molecular formula is C14H8Cl3NO3. The van der Waals surface area contributed by atoms with Gasteiger partial charge in [0.25, 0.3) is 0 Å². The molecule has 21 heavy (non-hydrogen) atoms. The van der Waals surface area contributed by atoms with Crippen LogP contribution in [0.3, 0.4) is 0 Å². The normalized spacial score (nSPS) is 17.2. The molecule has 1 aliphatic rings. The Morgan fingerprint density at radius 3 is 2.57 bits per heavy atom. The minimum atomic E-state index is -1.19. The molecule has 0 aromatic heterocycles. The second-order valence-corrected chi connectivity index (χ2v) is 5.46. The molecule has 2 rings (SSSR count). The molecule has 1 aromatic carbocycles. The molecule has 1 aromatic rings. The number of hydrogen-bond acceptors (Lipinski definition) is 3. The van der Waals surface area contributed by atoms with Crippen LogP contribution < -0.4 is 5.32 Å². The molecule has 0 saturated carbocycles. The van der Waals surface area contributed by atoms with Gasteiger partial charge in [-0.3, -0.25) is 0 Å². The average Bonchev–Trinajstić information content (AvgIpc) is 2.41. The van der Waals surface area contributed by atoms with Crippen LogP contribution in [0.25, 0.3) is 0 Å². The molecule has 0 saturated heterocycles. The van der Waals surface area contributed by atoms with Crippen molar-refractivity contribution in [3.63, 3.8) is 0 Å². The van der Waals surface area contributed by atoms with Crippen molar-refractivity contribution in [1.82, 2.24) is 0 Å². The van der Waals surface area contributed by atoms with Crippen molar-refractivity contribution in [3.8, 4) is 0 Å². The van der Waals surface area contributed by atoms with Gasteiger partial charge < -0.3 is 10.4 Å². The van der Waals surface area contributed by atoms with Gasteiger partial charge in [-0.2, -0.15) is 0 Å². The Kier molecular flexibility index (Phi) is 4.76. The van der Waals surface area contributed by atoms with Gasteiger partial charge >= 0.3 is 5.97 Å². The zero-order valence-electron chi connectivity index (χ0n) is 10.4. The quantitative estimate of drug-likeness (QED) is 0.816. The molecule has 7 heteroatoms. The average molecular weight is 345 g/mol. The van der Waals surface area contributed by atoms with Crippen LogP contribution in [0.2, 0.25) is 10.0 Å². The maximum Gasteiger partial charge on any atom is 0.337 e. The van der Waals surface area contributed by atoms with Crippen molar-refractivity contribution in [1.29, 1.82) is 0 Å². The van der Waals surface area contributed by atoms with E-state index < -0.39 is 12.0 Å². The second kappa shape index (κ2) is 6.37. The third-order valence-electron chi connectivity index (χ3n) is 2.79. The van der Waals surface area contributed by atoms with E-state index in [4.69, 9.17) is 34.8 Å². The summed E-state index contributed by atoms with van der Waals surface area (Å²) >= 11 is 17.7. The first kappa shape index (κ1) is 15.7. The number of hydrogen-bond donors (Lipinski definition) is 2. The summed E-state index contributed by atoms with van der Waals surface area (Å²) in [5, 5.41) is 12.8. The van der Waals surface area contributed by atoms with Crippen molar-refractivity contribution in [2.24, 2.45) is 0 Å². The van der Waals surface area contributed by atoms with Gasteiger partial charge in [-0.15, -0.1) is 0 Å². The molecule has 0 aliphatic heterocycles. The standard InChI is InChI=1S/C14H8Cl3NO3/c15-8-2-1-7(6-19)12(5-8)18-13-10(14(20)21)3-9(16)4-11(13)17/h1-5,12,18H,(H,20,21). The predicted molar refractivity (Wildman–Crippen MR) is 83.1 cm³/mol. The van der Waals surface area contributed by atoms with Crippen LogP contribution in [0.1, 0.15) is 10.4 Å². The molecular weight excluding hydrogens is 337 g/mol.